The number of imidazole rings is 1. The van der Waals surface area contributed by atoms with Gasteiger partial charge >= 0.3 is 0 Å². The summed E-state index contributed by atoms with van der Waals surface area (Å²) in [6, 6.07) is 1.21. The Morgan fingerprint density at radius 3 is 2.77 bits per heavy atom. The van der Waals surface area contributed by atoms with Crippen molar-refractivity contribution in [3.05, 3.63) is 36.6 Å². The first-order valence-electron chi connectivity index (χ1n) is 7.86. The summed E-state index contributed by atoms with van der Waals surface area (Å²) in [5.74, 6) is -0.00390. The second kappa shape index (κ2) is 6.61. The number of nitrogens with one attached hydrogen (secondary N) is 1. The molecule has 3 aromatic heterocycles. The number of aliphatic hydroxyl groups excluding tert-OH is 3. The van der Waals surface area contributed by atoms with Crippen LogP contribution >= 0.6 is 0 Å². The Morgan fingerprint density at radius 1 is 1.23 bits per heavy atom. The highest BCUT2D eigenvalue weighted by Crippen LogP contribution is 2.32. The predicted molar refractivity (Wildman–Crippen MR) is 84.3 cm³/mol. The fourth-order valence-corrected chi connectivity index (χ4v) is 2.89. The van der Waals surface area contributed by atoms with Crippen molar-refractivity contribution in [1.82, 2.24) is 19.5 Å². The van der Waals surface area contributed by atoms with Crippen LogP contribution < -0.4 is 5.32 Å². The number of nitrogens with zero attached hydrogens (tertiary/aromatic N) is 4. The molecule has 4 N–H and O–H groups in total. The third-order valence-electron chi connectivity index (χ3n) is 4.26. The molecule has 138 valence electrons. The minimum atomic E-state index is -1.26. The summed E-state index contributed by atoms with van der Waals surface area (Å²) in [6.45, 7) is -0.372. The van der Waals surface area contributed by atoms with Crippen molar-refractivity contribution in [2.24, 2.45) is 0 Å². The minimum absolute atomic E-state index is 0.0612. The number of hydrogen-bond acceptors (Lipinski definition) is 9. The summed E-state index contributed by atoms with van der Waals surface area (Å²) < 4.78 is 25.4. The first-order valence-corrected chi connectivity index (χ1v) is 7.86. The molecule has 0 bridgehead atoms. The number of furan rings is 1. The molecule has 26 heavy (non-hydrogen) atoms. The molecular formula is C15H16FN5O5. The molecule has 4 heterocycles. The summed E-state index contributed by atoms with van der Waals surface area (Å²) in [6.07, 6.45) is -0.442. The Bertz CT molecular complexity index is 915. The van der Waals surface area contributed by atoms with E-state index < -0.39 is 37.0 Å². The zero-order valence-electron chi connectivity index (χ0n) is 13.4. The molecule has 4 atom stereocenters. The summed E-state index contributed by atoms with van der Waals surface area (Å²) in [5.41, 5.74) is 0.717. The van der Waals surface area contributed by atoms with Crippen molar-refractivity contribution in [2.75, 3.05) is 11.9 Å². The van der Waals surface area contributed by atoms with Crippen molar-refractivity contribution in [1.29, 1.82) is 0 Å². The normalized spacial score (nSPS) is 25.8. The van der Waals surface area contributed by atoms with Gasteiger partial charge in [0.25, 0.3) is 0 Å². The molecule has 0 aromatic carbocycles. The van der Waals surface area contributed by atoms with E-state index >= 15 is 0 Å². The lowest BCUT2D eigenvalue weighted by Gasteiger charge is -2.16. The number of aliphatic hydroxyl groups is 3. The molecule has 1 aliphatic heterocycles. The number of hydrogen-bond donors (Lipinski definition) is 4. The molecule has 4 rings (SSSR count). The van der Waals surface area contributed by atoms with E-state index in [4.69, 9.17) is 9.15 Å². The quantitative estimate of drug-likeness (QED) is 0.483. The standard InChI is InChI=1S/C15H16FN5O5/c16-7-1-2-25-8(7)3-17-13-10-14(19-5-18-13)21(6-20-10)15-12(24)11(23)9(4-22)26-15/h1-2,5-6,9,11-12,15,22-24H,3-4H2,(H,17,18,19)/t9-,11-,12+,15-/m1/s1. The molecule has 1 aliphatic rings. The molecule has 0 unspecified atom stereocenters. The topological polar surface area (TPSA) is 139 Å². The molecule has 0 spiro atoms. The Kier molecular flexibility index (Phi) is 4.28. The molecule has 3 aromatic rings. The maximum Gasteiger partial charge on any atom is 0.167 e. The fourth-order valence-electron chi connectivity index (χ4n) is 2.89. The van der Waals surface area contributed by atoms with E-state index in [1.165, 1.54) is 29.6 Å². The van der Waals surface area contributed by atoms with Gasteiger partial charge in [-0.2, -0.15) is 0 Å². The molecule has 0 amide bonds. The molecular weight excluding hydrogens is 349 g/mol. The zero-order valence-corrected chi connectivity index (χ0v) is 13.4. The lowest BCUT2D eigenvalue weighted by molar-refractivity contribution is -0.0511. The summed E-state index contributed by atoms with van der Waals surface area (Å²) in [4.78, 5) is 12.4. The monoisotopic (exact) mass is 365 g/mol. The molecule has 11 heteroatoms. The van der Waals surface area contributed by atoms with Crippen LogP contribution in [0.5, 0.6) is 0 Å². The van der Waals surface area contributed by atoms with Crippen LogP contribution in [0.15, 0.2) is 29.4 Å². The smallest absolute Gasteiger partial charge is 0.167 e. The van der Waals surface area contributed by atoms with Gasteiger partial charge in [-0.25, -0.2) is 19.3 Å². The molecule has 10 nitrogen and oxygen atoms in total. The maximum atomic E-state index is 13.5. The van der Waals surface area contributed by atoms with E-state index in [1.807, 2.05) is 0 Å². The molecule has 0 aliphatic carbocycles. The van der Waals surface area contributed by atoms with Gasteiger partial charge in [0, 0.05) is 6.07 Å². The zero-order chi connectivity index (χ0) is 18.3. The average molecular weight is 365 g/mol. The first-order chi connectivity index (χ1) is 12.6. The van der Waals surface area contributed by atoms with Crippen molar-refractivity contribution in [3.8, 4) is 0 Å². The summed E-state index contributed by atoms with van der Waals surface area (Å²) in [5, 5.41) is 32.2. The number of fused-ring (bicyclic) bond motifs is 1. The maximum absolute atomic E-state index is 13.5. The number of halogens is 1. The van der Waals surface area contributed by atoms with Gasteiger partial charge in [0.05, 0.1) is 25.7 Å². The van der Waals surface area contributed by atoms with Crippen LogP contribution in [0.3, 0.4) is 0 Å². The molecule has 1 saturated heterocycles. The number of aromatic nitrogens is 4. The Hall–Kier alpha value is -2.60. The highest BCUT2D eigenvalue weighted by atomic mass is 19.1. The summed E-state index contributed by atoms with van der Waals surface area (Å²) in [7, 11) is 0. The molecule has 0 saturated carbocycles. The van der Waals surface area contributed by atoms with Gasteiger partial charge in [-0.1, -0.05) is 0 Å². The van der Waals surface area contributed by atoms with E-state index in [9.17, 15) is 19.7 Å². The highest BCUT2D eigenvalue weighted by Gasteiger charge is 2.44. The lowest BCUT2D eigenvalue weighted by atomic mass is 10.1. The predicted octanol–water partition coefficient (Wildman–Crippen LogP) is -0.218. The van der Waals surface area contributed by atoms with Crippen LogP contribution in [0.1, 0.15) is 12.0 Å². The van der Waals surface area contributed by atoms with Crippen LogP contribution in [-0.2, 0) is 11.3 Å². The van der Waals surface area contributed by atoms with Gasteiger partial charge in [0.1, 0.15) is 24.6 Å². The molecule has 1 fully saturated rings. The van der Waals surface area contributed by atoms with E-state index in [-0.39, 0.29) is 12.3 Å². The lowest BCUT2D eigenvalue weighted by Crippen LogP contribution is -2.33. The number of rotatable bonds is 5. The van der Waals surface area contributed by atoms with Crippen molar-refractivity contribution >= 4 is 17.0 Å². The van der Waals surface area contributed by atoms with Crippen molar-refractivity contribution in [3.63, 3.8) is 0 Å². The van der Waals surface area contributed by atoms with Crippen molar-refractivity contribution in [2.45, 2.75) is 31.1 Å². The fraction of sp³-hybridized carbons (Fsp3) is 0.400. The largest absolute Gasteiger partial charge is 0.464 e. The third-order valence-corrected chi connectivity index (χ3v) is 4.26. The first kappa shape index (κ1) is 16.8. The van der Waals surface area contributed by atoms with Crippen LogP contribution in [0, 0.1) is 5.82 Å². The second-order valence-electron chi connectivity index (χ2n) is 5.82. The van der Waals surface area contributed by atoms with Gasteiger partial charge in [-0.15, -0.1) is 0 Å². The average Bonchev–Trinajstić information content (AvgIpc) is 3.32. The van der Waals surface area contributed by atoms with Crippen molar-refractivity contribution < 1.29 is 28.9 Å². The SMILES string of the molecule is OC[C@H]1O[C@@H](n2cnc3c(NCc4occc4F)ncnc32)[C@@H](O)[C@@H]1O. The Balaban J connectivity index is 1.62. The highest BCUT2D eigenvalue weighted by molar-refractivity contribution is 5.82. The second-order valence-corrected chi connectivity index (χ2v) is 5.82. The Labute approximate surface area is 145 Å². The summed E-state index contributed by atoms with van der Waals surface area (Å²) >= 11 is 0. The van der Waals surface area contributed by atoms with Crippen LogP contribution in [0.25, 0.3) is 11.2 Å². The van der Waals surface area contributed by atoms with Gasteiger partial charge in [-0.3, -0.25) is 4.57 Å². The van der Waals surface area contributed by atoms with Gasteiger partial charge < -0.3 is 29.8 Å². The van der Waals surface area contributed by atoms with E-state index in [2.05, 4.69) is 20.3 Å². The van der Waals surface area contributed by atoms with E-state index in [0.717, 1.165) is 0 Å². The van der Waals surface area contributed by atoms with Crippen LogP contribution in [-0.4, -0.2) is 59.8 Å². The van der Waals surface area contributed by atoms with Gasteiger partial charge in [0.2, 0.25) is 0 Å². The number of anilines is 1. The van der Waals surface area contributed by atoms with E-state index in [0.29, 0.717) is 17.0 Å². The van der Waals surface area contributed by atoms with Gasteiger partial charge in [0.15, 0.2) is 34.8 Å². The minimum Gasteiger partial charge on any atom is -0.464 e. The molecule has 0 radical (unpaired) electrons. The number of ether oxygens (including phenoxy) is 1. The third kappa shape index (κ3) is 2.70. The van der Waals surface area contributed by atoms with Crippen LogP contribution in [0.4, 0.5) is 10.2 Å². The van der Waals surface area contributed by atoms with E-state index in [1.54, 1.807) is 0 Å². The Morgan fingerprint density at radius 2 is 2.08 bits per heavy atom. The van der Waals surface area contributed by atoms with Crippen LogP contribution in [0.2, 0.25) is 0 Å². The van der Waals surface area contributed by atoms with Gasteiger partial charge in [-0.05, 0) is 0 Å².